The summed E-state index contributed by atoms with van der Waals surface area (Å²) in [6.45, 7) is 0.546. The lowest BCUT2D eigenvalue weighted by Gasteiger charge is -2.17. The number of sulfone groups is 1. The fourth-order valence-electron chi connectivity index (χ4n) is 2.45. The van der Waals surface area contributed by atoms with E-state index in [0.29, 0.717) is 11.4 Å². The highest BCUT2D eigenvalue weighted by Crippen LogP contribution is 2.50. The molecule has 2 N–H and O–H groups in total. The van der Waals surface area contributed by atoms with Crippen LogP contribution in [0.15, 0.2) is 29.2 Å². The van der Waals surface area contributed by atoms with Crippen LogP contribution in [0.1, 0.15) is 31.2 Å². The molecule has 3 nitrogen and oxygen atoms in total. The average Bonchev–Trinajstić information content (AvgIpc) is 3.19. The van der Waals surface area contributed by atoms with Crippen LogP contribution in [-0.4, -0.2) is 20.2 Å². The molecular weight excluding hydrogens is 234 g/mol. The first kappa shape index (κ1) is 11.2. The first-order chi connectivity index (χ1) is 8.10. The Kier molecular flexibility index (Phi) is 2.35. The minimum atomic E-state index is -3.11. The van der Waals surface area contributed by atoms with Crippen molar-refractivity contribution in [1.29, 1.82) is 0 Å². The van der Waals surface area contributed by atoms with Gasteiger partial charge in [-0.05, 0) is 37.3 Å². The number of nitrogens with two attached hydrogens (primary N) is 1. The van der Waals surface area contributed by atoms with Crippen molar-refractivity contribution in [2.75, 3.05) is 6.54 Å². The fourth-order valence-corrected chi connectivity index (χ4v) is 4.42. The van der Waals surface area contributed by atoms with Crippen molar-refractivity contribution in [3.05, 3.63) is 29.8 Å². The summed E-state index contributed by atoms with van der Waals surface area (Å²) in [6.07, 6.45) is 3.65. The summed E-state index contributed by atoms with van der Waals surface area (Å²) in [6, 6.07) is 7.41. The molecule has 2 aliphatic carbocycles. The van der Waals surface area contributed by atoms with Crippen molar-refractivity contribution in [3.8, 4) is 0 Å². The van der Waals surface area contributed by atoms with Gasteiger partial charge in [0.15, 0.2) is 9.84 Å². The molecule has 2 aliphatic rings. The van der Waals surface area contributed by atoms with Crippen LogP contribution < -0.4 is 5.73 Å². The van der Waals surface area contributed by atoms with E-state index in [9.17, 15) is 8.42 Å². The zero-order valence-corrected chi connectivity index (χ0v) is 10.5. The van der Waals surface area contributed by atoms with Gasteiger partial charge in [-0.25, -0.2) is 8.42 Å². The van der Waals surface area contributed by atoms with E-state index in [0.717, 1.165) is 31.2 Å². The molecule has 0 unspecified atom stereocenters. The third kappa shape index (κ3) is 1.70. The van der Waals surface area contributed by atoms with Gasteiger partial charge in [0.2, 0.25) is 0 Å². The second kappa shape index (κ2) is 3.56. The van der Waals surface area contributed by atoms with Crippen LogP contribution in [-0.2, 0) is 15.3 Å². The maximum absolute atomic E-state index is 12.4. The lowest BCUT2D eigenvalue weighted by molar-refractivity contribution is 0.589. The molecule has 0 radical (unpaired) electrons. The van der Waals surface area contributed by atoms with Crippen LogP contribution in [0.2, 0.25) is 0 Å². The minimum Gasteiger partial charge on any atom is -0.330 e. The molecule has 4 heteroatoms. The lowest BCUT2D eigenvalue weighted by atomic mass is 9.96. The first-order valence-electron chi connectivity index (χ1n) is 6.14. The van der Waals surface area contributed by atoms with Gasteiger partial charge in [-0.3, -0.25) is 0 Å². The minimum absolute atomic E-state index is 0.0570. The molecule has 0 saturated heterocycles. The van der Waals surface area contributed by atoms with Crippen LogP contribution in [0, 0.1) is 0 Å². The number of hydrogen-bond acceptors (Lipinski definition) is 3. The highest BCUT2D eigenvalue weighted by molar-refractivity contribution is 7.92. The van der Waals surface area contributed by atoms with E-state index in [1.165, 1.54) is 0 Å². The van der Waals surface area contributed by atoms with Gasteiger partial charge in [0, 0.05) is 12.0 Å². The fraction of sp³-hybridized carbons (Fsp3) is 0.538. The molecule has 0 aromatic heterocycles. The van der Waals surface area contributed by atoms with Crippen molar-refractivity contribution in [1.82, 2.24) is 0 Å². The summed E-state index contributed by atoms with van der Waals surface area (Å²) >= 11 is 0. The molecule has 0 bridgehead atoms. The Balaban J connectivity index is 2.11. The molecule has 0 amide bonds. The molecule has 3 rings (SSSR count). The summed E-state index contributed by atoms with van der Waals surface area (Å²) in [5.41, 5.74) is 6.71. The largest absolute Gasteiger partial charge is 0.330 e. The summed E-state index contributed by atoms with van der Waals surface area (Å²) in [5, 5.41) is -0.141. The molecule has 2 fully saturated rings. The molecule has 0 spiro atoms. The van der Waals surface area contributed by atoms with Crippen LogP contribution in [0.3, 0.4) is 0 Å². The van der Waals surface area contributed by atoms with Gasteiger partial charge < -0.3 is 5.73 Å². The first-order valence-corrected chi connectivity index (χ1v) is 7.68. The third-order valence-corrected chi connectivity index (χ3v) is 6.29. The topological polar surface area (TPSA) is 60.2 Å². The molecule has 0 heterocycles. The molecule has 1 aromatic rings. The SMILES string of the molecule is NCC1(c2ccccc2S(=O)(=O)C2CC2)CC1. The summed E-state index contributed by atoms with van der Waals surface area (Å²) in [4.78, 5) is 0.533. The van der Waals surface area contributed by atoms with E-state index in [1.807, 2.05) is 18.2 Å². The van der Waals surface area contributed by atoms with E-state index in [-0.39, 0.29) is 10.7 Å². The number of benzene rings is 1. The Morgan fingerprint density at radius 2 is 1.88 bits per heavy atom. The van der Waals surface area contributed by atoms with Gasteiger partial charge in [-0.15, -0.1) is 0 Å². The smallest absolute Gasteiger partial charge is 0.181 e. The van der Waals surface area contributed by atoms with Gasteiger partial charge in [0.1, 0.15) is 0 Å². The predicted molar refractivity (Wildman–Crippen MR) is 66.6 cm³/mol. The van der Waals surface area contributed by atoms with E-state index in [1.54, 1.807) is 6.07 Å². The van der Waals surface area contributed by atoms with E-state index < -0.39 is 9.84 Å². The van der Waals surface area contributed by atoms with Crippen molar-refractivity contribution in [2.45, 2.75) is 41.2 Å². The summed E-state index contributed by atoms with van der Waals surface area (Å²) < 4.78 is 24.7. The van der Waals surface area contributed by atoms with Crippen LogP contribution >= 0.6 is 0 Å². The van der Waals surface area contributed by atoms with Crippen LogP contribution in [0.25, 0.3) is 0 Å². The van der Waals surface area contributed by atoms with Crippen molar-refractivity contribution in [2.24, 2.45) is 5.73 Å². The zero-order valence-electron chi connectivity index (χ0n) is 9.72. The number of rotatable bonds is 4. The Morgan fingerprint density at radius 1 is 1.24 bits per heavy atom. The van der Waals surface area contributed by atoms with E-state index in [2.05, 4.69) is 0 Å². The lowest BCUT2D eigenvalue weighted by Crippen LogP contribution is -2.23. The van der Waals surface area contributed by atoms with Crippen LogP contribution in [0.4, 0.5) is 0 Å². The molecule has 0 atom stereocenters. The molecule has 1 aromatic carbocycles. The Hall–Kier alpha value is -0.870. The van der Waals surface area contributed by atoms with Gasteiger partial charge >= 0.3 is 0 Å². The quantitative estimate of drug-likeness (QED) is 0.884. The summed E-state index contributed by atoms with van der Waals surface area (Å²) in [7, 11) is -3.11. The molecule has 17 heavy (non-hydrogen) atoms. The zero-order chi connectivity index (χ0) is 12.1. The predicted octanol–water partition coefficient (Wildman–Crippen LogP) is 1.61. The maximum atomic E-state index is 12.4. The van der Waals surface area contributed by atoms with E-state index in [4.69, 9.17) is 5.73 Å². The van der Waals surface area contributed by atoms with Crippen LogP contribution in [0.5, 0.6) is 0 Å². The normalized spacial score (nSPS) is 22.4. The standard InChI is InChI=1S/C13H17NO2S/c14-9-13(7-8-13)11-3-1-2-4-12(11)17(15,16)10-5-6-10/h1-4,10H,5-9,14H2. The van der Waals surface area contributed by atoms with Gasteiger partial charge in [-0.2, -0.15) is 0 Å². The summed E-state index contributed by atoms with van der Waals surface area (Å²) in [5.74, 6) is 0. The molecule has 92 valence electrons. The third-order valence-electron chi connectivity index (χ3n) is 3.97. The van der Waals surface area contributed by atoms with Crippen molar-refractivity contribution < 1.29 is 8.42 Å². The average molecular weight is 251 g/mol. The van der Waals surface area contributed by atoms with Crippen molar-refractivity contribution in [3.63, 3.8) is 0 Å². The highest BCUT2D eigenvalue weighted by Gasteiger charge is 2.47. The van der Waals surface area contributed by atoms with Gasteiger partial charge in [0.05, 0.1) is 10.1 Å². The second-order valence-electron chi connectivity index (χ2n) is 5.22. The van der Waals surface area contributed by atoms with Gasteiger partial charge in [0.25, 0.3) is 0 Å². The highest BCUT2D eigenvalue weighted by atomic mass is 32.2. The molecular formula is C13H17NO2S. The Bertz CT molecular complexity index is 542. The van der Waals surface area contributed by atoms with Gasteiger partial charge in [-0.1, -0.05) is 18.2 Å². The Labute approximate surface area is 102 Å². The molecule has 0 aliphatic heterocycles. The maximum Gasteiger partial charge on any atom is 0.181 e. The second-order valence-corrected chi connectivity index (χ2v) is 7.42. The van der Waals surface area contributed by atoms with E-state index >= 15 is 0 Å². The number of hydrogen-bond donors (Lipinski definition) is 1. The van der Waals surface area contributed by atoms with Crippen molar-refractivity contribution >= 4 is 9.84 Å². The monoisotopic (exact) mass is 251 g/mol. The molecule has 2 saturated carbocycles. The Morgan fingerprint density at radius 3 is 2.41 bits per heavy atom.